The topological polar surface area (TPSA) is 66.3 Å². The van der Waals surface area contributed by atoms with Gasteiger partial charge in [-0.05, 0) is 46.1 Å². The van der Waals surface area contributed by atoms with Crippen molar-refractivity contribution >= 4 is 11.7 Å². The number of rotatable bonds is 6. The van der Waals surface area contributed by atoms with E-state index in [-0.39, 0.29) is 12.1 Å². The molecule has 7 nitrogen and oxygen atoms in total. The molecule has 0 atom stereocenters. The summed E-state index contributed by atoms with van der Waals surface area (Å²) in [6.07, 6.45) is 3.38. The zero-order valence-electron chi connectivity index (χ0n) is 14.1. The molecule has 0 unspecified atom stereocenters. The number of nitrogens with one attached hydrogen (secondary N) is 1. The summed E-state index contributed by atoms with van der Waals surface area (Å²) in [7, 11) is 4.00. The molecule has 0 radical (unpaired) electrons. The van der Waals surface area contributed by atoms with E-state index in [1.807, 2.05) is 57.1 Å². The first kappa shape index (κ1) is 17.0. The van der Waals surface area contributed by atoms with E-state index in [0.29, 0.717) is 6.54 Å². The summed E-state index contributed by atoms with van der Waals surface area (Å²) in [6, 6.07) is 7.56. The second kappa shape index (κ2) is 7.73. The summed E-state index contributed by atoms with van der Waals surface area (Å²) in [5, 5.41) is 10.7. The number of nitrogens with zero attached hydrogens (tertiary/aromatic N) is 5. The van der Waals surface area contributed by atoms with E-state index in [2.05, 4.69) is 20.5 Å². The first-order valence-electron chi connectivity index (χ1n) is 7.66. The Kier molecular flexibility index (Phi) is 5.70. The van der Waals surface area contributed by atoms with Crippen LogP contribution in [0.25, 0.3) is 5.69 Å². The maximum atomic E-state index is 12.5. The lowest BCUT2D eigenvalue weighted by atomic mass is 10.2. The van der Waals surface area contributed by atoms with Crippen LogP contribution in [0.2, 0.25) is 0 Å². The van der Waals surface area contributed by atoms with Crippen molar-refractivity contribution in [2.75, 3.05) is 32.5 Å². The fraction of sp³-hybridized carbons (Fsp3) is 0.438. The highest BCUT2D eigenvalue weighted by molar-refractivity contribution is 5.89. The van der Waals surface area contributed by atoms with Crippen LogP contribution < -0.4 is 5.32 Å². The summed E-state index contributed by atoms with van der Waals surface area (Å²) in [6.45, 7) is 5.53. The lowest BCUT2D eigenvalue weighted by Gasteiger charge is -2.28. The normalized spacial score (nSPS) is 11.0. The van der Waals surface area contributed by atoms with Crippen LogP contribution in [0.15, 0.2) is 36.7 Å². The molecule has 0 saturated carbocycles. The maximum Gasteiger partial charge on any atom is 0.322 e. The highest BCUT2D eigenvalue weighted by atomic mass is 16.2. The molecule has 1 aromatic heterocycles. The van der Waals surface area contributed by atoms with Crippen LogP contribution in [-0.4, -0.2) is 64.1 Å². The number of amides is 2. The number of carbonyl (C=O) groups is 1. The monoisotopic (exact) mass is 316 g/mol. The molecule has 124 valence electrons. The zero-order chi connectivity index (χ0) is 16.8. The largest absolute Gasteiger partial charge is 0.322 e. The van der Waals surface area contributed by atoms with Gasteiger partial charge < -0.3 is 15.1 Å². The fourth-order valence-electron chi connectivity index (χ4n) is 2.17. The number of anilines is 1. The van der Waals surface area contributed by atoms with Crippen LogP contribution in [-0.2, 0) is 0 Å². The average molecular weight is 316 g/mol. The van der Waals surface area contributed by atoms with Crippen molar-refractivity contribution in [3.8, 4) is 5.69 Å². The zero-order valence-corrected chi connectivity index (χ0v) is 14.1. The predicted molar refractivity (Wildman–Crippen MR) is 90.8 cm³/mol. The number of aromatic nitrogens is 3. The minimum atomic E-state index is -0.0995. The van der Waals surface area contributed by atoms with Gasteiger partial charge in [0, 0.05) is 24.8 Å². The molecule has 1 aromatic carbocycles. The summed E-state index contributed by atoms with van der Waals surface area (Å²) >= 11 is 0. The molecule has 0 spiro atoms. The Balaban J connectivity index is 2.07. The molecule has 1 N–H and O–H groups in total. The van der Waals surface area contributed by atoms with Crippen molar-refractivity contribution in [3.63, 3.8) is 0 Å². The van der Waals surface area contributed by atoms with Crippen molar-refractivity contribution in [2.45, 2.75) is 19.9 Å². The van der Waals surface area contributed by atoms with E-state index in [4.69, 9.17) is 0 Å². The first-order chi connectivity index (χ1) is 11.0. The van der Waals surface area contributed by atoms with Gasteiger partial charge in [0.2, 0.25) is 0 Å². The molecule has 0 aliphatic heterocycles. The Bertz CT molecular complexity index is 623. The number of likely N-dealkylation sites (N-methyl/N-ethyl adjacent to an activating group) is 1. The maximum absolute atomic E-state index is 12.5. The lowest BCUT2D eigenvalue weighted by molar-refractivity contribution is 0.189. The van der Waals surface area contributed by atoms with E-state index in [0.717, 1.165) is 17.9 Å². The highest BCUT2D eigenvalue weighted by Crippen LogP contribution is 2.14. The first-order valence-corrected chi connectivity index (χ1v) is 7.66. The Morgan fingerprint density at radius 1 is 1.30 bits per heavy atom. The predicted octanol–water partition coefficient (Wildman–Crippen LogP) is 2.07. The third-order valence-electron chi connectivity index (χ3n) is 3.46. The molecule has 0 fully saturated rings. The van der Waals surface area contributed by atoms with Gasteiger partial charge in [-0.2, -0.15) is 0 Å². The Morgan fingerprint density at radius 3 is 2.70 bits per heavy atom. The van der Waals surface area contributed by atoms with Crippen LogP contribution in [0.1, 0.15) is 13.8 Å². The summed E-state index contributed by atoms with van der Waals surface area (Å²) in [5.74, 6) is 0. The van der Waals surface area contributed by atoms with E-state index < -0.39 is 0 Å². The van der Waals surface area contributed by atoms with Gasteiger partial charge in [-0.25, -0.2) is 9.48 Å². The number of urea groups is 1. The molecule has 2 aromatic rings. The molecule has 2 rings (SSSR count). The average Bonchev–Trinajstić information content (AvgIpc) is 3.01. The molecule has 1 heterocycles. The second-order valence-electron chi connectivity index (χ2n) is 5.92. The smallest absolute Gasteiger partial charge is 0.321 e. The van der Waals surface area contributed by atoms with Crippen LogP contribution in [0.5, 0.6) is 0 Å². The number of benzene rings is 1. The van der Waals surface area contributed by atoms with Gasteiger partial charge in [0.05, 0.1) is 18.1 Å². The van der Waals surface area contributed by atoms with Gasteiger partial charge in [-0.3, -0.25) is 0 Å². The lowest BCUT2D eigenvalue weighted by Crippen LogP contribution is -2.43. The van der Waals surface area contributed by atoms with Gasteiger partial charge in [0.1, 0.15) is 0 Å². The Morgan fingerprint density at radius 2 is 2.09 bits per heavy atom. The minimum absolute atomic E-state index is 0.0995. The van der Waals surface area contributed by atoms with Crippen LogP contribution in [0, 0.1) is 0 Å². The quantitative estimate of drug-likeness (QED) is 0.886. The van der Waals surface area contributed by atoms with Crippen LogP contribution >= 0.6 is 0 Å². The van der Waals surface area contributed by atoms with Crippen molar-refractivity contribution in [1.29, 1.82) is 0 Å². The molecular formula is C16H24N6O. The third kappa shape index (κ3) is 4.79. The number of carbonyl (C=O) groups excluding carboxylic acids is 1. The minimum Gasteiger partial charge on any atom is -0.321 e. The molecule has 23 heavy (non-hydrogen) atoms. The second-order valence-corrected chi connectivity index (χ2v) is 5.92. The Labute approximate surface area is 136 Å². The summed E-state index contributed by atoms with van der Waals surface area (Å²) in [4.78, 5) is 16.4. The van der Waals surface area contributed by atoms with Crippen LogP contribution in [0.4, 0.5) is 10.5 Å². The van der Waals surface area contributed by atoms with E-state index in [1.165, 1.54) is 0 Å². The van der Waals surface area contributed by atoms with Crippen molar-refractivity contribution in [2.24, 2.45) is 0 Å². The van der Waals surface area contributed by atoms with Crippen molar-refractivity contribution in [1.82, 2.24) is 24.8 Å². The van der Waals surface area contributed by atoms with Gasteiger partial charge in [0.15, 0.2) is 0 Å². The molecule has 0 aliphatic carbocycles. The SMILES string of the molecule is CC(C)N(CCN(C)C)C(=O)Nc1cccc(-n2ccnn2)c1. The van der Waals surface area contributed by atoms with Gasteiger partial charge in [0.25, 0.3) is 0 Å². The molecule has 0 aliphatic rings. The third-order valence-corrected chi connectivity index (χ3v) is 3.46. The summed E-state index contributed by atoms with van der Waals surface area (Å²) < 4.78 is 1.65. The molecule has 2 amide bonds. The molecule has 0 saturated heterocycles. The number of hydrogen-bond acceptors (Lipinski definition) is 4. The van der Waals surface area contributed by atoms with Gasteiger partial charge in [-0.15, -0.1) is 5.10 Å². The van der Waals surface area contributed by atoms with E-state index >= 15 is 0 Å². The van der Waals surface area contributed by atoms with Gasteiger partial charge in [-0.1, -0.05) is 11.3 Å². The van der Waals surface area contributed by atoms with E-state index in [1.54, 1.807) is 17.1 Å². The standard InChI is InChI=1S/C16H24N6O/c1-13(2)21(11-10-20(3)4)16(23)18-14-6-5-7-15(12-14)22-9-8-17-19-22/h5-9,12-13H,10-11H2,1-4H3,(H,18,23). The highest BCUT2D eigenvalue weighted by Gasteiger charge is 2.17. The molecule has 0 bridgehead atoms. The van der Waals surface area contributed by atoms with Crippen LogP contribution in [0.3, 0.4) is 0 Å². The van der Waals surface area contributed by atoms with Crippen molar-refractivity contribution < 1.29 is 4.79 Å². The Hall–Kier alpha value is -2.41. The molecular weight excluding hydrogens is 292 g/mol. The summed E-state index contributed by atoms with van der Waals surface area (Å²) in [5.41, 5.74) is 1.59. The van der Waals surface area contributed by atoms with Gasteiger partial charge >= 0.3 is 6.03 Å². The fourth-order valence-corrected chi connectivity index (χ4v) is 2.17. The molecule has 7 heteroatoms. The van der Waals surface area contributed by atoms with Crippen molar-refractivity contribution in [3.05, 3.63) is 36.7 Å². The number of hydrogen-bond donors (Lipinski definition) is 1. The van der Waals surface area contributed by atoms with E-state index in [9.17, 15) is 4.79 Å².